The fraction of sp³-hybridized carbons (Fsp3) is 0.125. The summed E-state index contributed by atoms with van der Waals surface area (Å²) in [5, 5.41) is 9.87. The maximum Gasteiger partial charge on any atom is 0.339 e. The molecule has 0 unspecified atom stereocenters. The van der Waals surface area contributed by atoms with E-state index in [1.54, 1.807) is 13.0 Å². The molecular weight excluding hydrogens is 270 g/mol. The average molecular weight is 283 g/mol. The van der Waals surface area contributed by atoms with Gasteiger partial charge in [0, 0.05) is 11.8 Å². The van der Waals surface area contributed by atoms with Gasteiger partial charge in [-0.25, -0.2) is 4.79 Å². The average Bonchev–Trinajstić information content (AvgIpc) is 2.43. The summed E-state index contributed by atoms with van der Waals surface area (Å²) in [5.74, 6) is -0.354. The van der Waals surface area contributed by atoms with Gasteiger partial charge in [0.25, 0.3) is 5.56 Å². The number of pyridine rings is 1. The minimum Gasteiger partial charge on any atom is -0.507 e. The second kappa shape index (κ2) is 4.94. The molecule has 0 atom stereocenters. The first kappa shape index (κ1) is 13.2. The van der Waals surface area contributed by atoms with Crippen molar-refractivity contribution in [1.82, 2.24) is 4.57 Å². The molecule has 1 aromatic carbocycles. The molecule has 0 saturated heterocycles. The molecule has 2 heterocycles. The van der Waals surface area contributed by atoms with Gasteiger partial charge >= 0.3 is 5.63 Å². The fourth-order valence-electron chi connectivity index (χ4n) is 2.34. The van der Waals surface area contributed by atoms with Gasteiger partial charge in [-0.15, -0.1) is 0 Å². The highest BCUT2D eigenvalue weighted by atomic mass is 16.4. The second-order valence-corrected chi connectivity index (χ2v) is 4.85. The zero-order valence-corrected chi connectivity index (χ0v) is 11.4. The summed E-state index contributed by atoms with van der Waals surface area (Å²) >= 11 is 0. The second-order valence-electron chi connectivity index (χ2n) is 4.85. The molecule has 0 saturated carbocycles. The van der Waals surface area contributed by atoms with Gasteiger partial charge in [-0.1, -0.05) is 30.3 Å². The third-order valence-electron chi connectivity index (χ3n) is 3.38. The van der Waals surface area contributed by atoms with Gasteiger partial charge in [0.05, 0.1) is 12.6 Å². The first-order chi connectivity index (χ1) is 10.1. The summed E-state index contributed by atoms with van der Waals surface area (Å²) in [5.41, 5.74) is 0.672. The first-order valence-electron chi connectivity index (χ1n) is 6.47. The lowest BCUT2D eigenvalue weighted by molar-refractivity contribution is 0.466. The van der Waals surface area contributed by atoms with E-state index in [1.807, 2.05) is 30.3 Å². The number of fused-ring (bicyclic) bond motifs is 1. The minimum absolute atomic E-state index is 0.0242. The summed E-state index contributed by atoms with van der Waals surface area (Å²) < 4.78 is 6.52. The van der Waals surface area contributed by atoms with Crippen molar-refractivity contribution >= 4 is 11.0 Å². The van der Waals surface area contributed by atoms with Crippen LogP contribution in [0.3, 0.4) is 0 Å². The van der Waals surface area contributed by atoms with Gasteiger partial charge < -0.3 is 14.1 Å². The van der Waals surface area contributed by atoms with Crippen LogP contribution in [-0.4, -0.2) is 9.67 Å². The van der Waals surface area contributed by atoms with E-state index >= 15 is 0 Å². The molecule has 0 spiro atoms. The van der Waals surface area contributed by atoms with Crippen molar-refractivity contribution < 1.29 is 9.52 Å². The van der Waals surface area contributed by atoms with Crippen molar-refractivity contribution in [2.75, 3.05) is 0 Å². The molecule has 5 nitrogen and oxygen atoms in total. The Labute approximate surface area is 119 Å². The van der Waals surface area contributed by atoms with Gasteiger partial charge in [0.1, 0.15) is 16.7 Å². The molecule has 0 fully saturated rings. The molecule has 5 heteroatoms. The molecule has 1 N–H and O–H groups in total. The molecule has 2 aromatic heterocycles. The topological polar surface area (TPSA) is 72.4 Å². The summed E-state index contributed by atoms with van der Waals surface area (Å²) in [6, 6.07) is 12.0. The third kappa shape index (κ3) is 2.33. The SMILES string of the molecule is Cc1cc2oc(=O)cc(O)c2c(=O)n1Cc1ccccc1. The van der Waals surface area contributed by atoms with E-state index in [1.165, 1.54) is 4.57 Å². The molecule has 3 aromatic rings. The van der Waals surface area contributed by atoms with Crippen LogP contribution in [0.2, 0.25) is 0 Å². The van der Waals surface area contributed by atoms with E-state index in [-0.39, 0.29) is 22.3 Å². The summed E-state index contributed by atoms with van der Waals surface area (Å²) in [6.07, 6.45) is 0. The molecule has 0 radical (unpaired) electrons. The van der Waals surface area contributed by atoms with E-state index in [2.05, 4.69) is 0 Å². The number of benzene rings is 1. The Balaban J connectivity index is 2.25. The van der Waals surface area contributed by atoms with Crippen molar-refractivity contribution in [2.45, 2.75) is 13.5 Å². The Morgan fingerprint density at radius 3 is 2.57 bits per heavy atom. The largest absolute Gasteiger partial charge is 0.507 e. The van der Waals surface area contributed by atoms with Gasteiger partial charge in [-0.05, 0) is 12.5 Å². The number of aromatic nitrogens is 1. The lowest BCUT2D eigenvalue weighted by Crippen LogP contribution is -2.23. The van der Waals surface area contributed by atoms with E-state index in [0.717, 1.165) is 11.6 Å². The monoisotopic (exact) mass is 283 g/mol. The quantitative estimate of drug-likeness (QED) is 0.781. The zero-order valence-electron chi connectivity index (χ0n) is 11.4. The van der Waals surface area contributed by atoms with Crippen LogP contribution in [0.5, 0.6) is 5.75 Å². The van der Waals surface area contributed by atoms with E-state index < -0.39 is 5.63 Å². The summed E-state index contributed by atoms with van der Waals surface area (Å²) in [6.45, 7) is 2.15. The molecule has 0 aliphatic rings. The lowest BCUT2D eigenvalue weighted by Gasteiger charge is -2.11. The third-order valence-corrected chi connectivity index (χ3v) is 3.38. The Bertz CT molecular complexity index is 923. The maximum atomic E-state index is 12.5. The first-order valence-corrected chi connectivity index (χ1v) is 6.47. The number of nitrogens with zero attached hydrogens (tertiary/aromatic N) is 1. The lowest BCUT2D eigenvalue weighted by atomic mass is 10.2. The molecule has 106 valence electrons. The van der Waals surface area contributed by atoms with Crippen LogP contribution in [0.1, 0.15) is 11.3 Å². The predicted molar refractivity (Wildman–Crippen MR) is 78.7 cm³/mol. The normalized spacial score (nSPS) is 10.9. The van der Waals surface area contributed by atoms with Crippen LogP contribution in [0.25, 0.3) is 11.0 Å². The molecule has 0 bridgehead atoms. The number of hydrogen-bond acceptors (Lipinski definition) is 4. The predicted octanol–water partition coefficient (Wildman–Crippen LogP) is 2.02. The number of aryl methyl sites for hydroxylation is 1. The Morgan fingerprint density at radius 1 is 1.14 bits per heavy atom. The molecule has 3 rings (SSSR count). The maximum absolute atomic E-state index is 12.5. The summed E-state index contributed by atoms with van der Waals surface area (Å²) in [7, 11) is 0. The van der Waals surface area contributed by atoms with Gasteiger partial charge in [-0.3, -0.25) is 4.79 Å². The Hall–Kier alpha value is -2.82. The van der Waals surface area contributed by atoms with Crippen LogP contribution >= 0.6 is 0 Å². The van der Waals surface area contributed by atoms with Crippen molar-refractivity contribution in [3.63, 3.8) is 0 Å². The fourth-order valence-corrected chi connectivity index (χ4v) is 2.34. The molecule has 21 heavy (non-hydrogen) atoms. The van der Waals surface area contributed by atoms with Gasteiger partial charge in [-0.2, -0.15) is 0 Å². The van der Waals surface area contributed by atoms with E-state index in [0.29, 0.717) is 12.2 Å². The highest BCUT2D eigenvalue weighted by molar-refractivity contribution is 5.82. The molecular formula is C16H13NO4. The highest BCUT2D eigenvalue weighted by Crippen LogP contribution is 2.19. The minimum atomic E-state index is -0.681. The highest BCUT2D eigenvalue weighted by Gasteiger charge is 2.13. The molecule has 0 amide bonds. The van der Waals surface area contributed by atoms with Crippen LogP contribution < -0.4 is 11.2 Å². The molecule has 0 aliphatic heterocycles. The smallest absolute Gasteiger partial charge is 0.339 e. The van der Waals surface area contributed by atoms with Crippen LogP contribution in [-0.2, 0) is 6.54 Å². The number of hydrogen-bond donors (Lipinski definition) is 1. The van der Waals surface area contributed by atoms with Gasteiger partial charge in [0.2, 0.25) is 0 Å². The van der Waals surface area contributed by atoms with E-state index in [9.17, 15) is 14.7 Å². The summed E-state index contributed by atoms with van der Waals surface area (Å²) in [4.78, 5) is 23.8. The van der Waals surface area contributed by atoms with Crippen molar-refractivity contribution in [3.8, 4) is 5.75 Å². The van der Waals surface area contributed by atoms with Crippen molar-refractivity contribution in [3.05, 3.63) is 74.5 Å². The Kier molecular flexibility index (Phi) is 3.10. The zero-order chi connectivity index (χ0) is 15.0. The standard InChI is InChI=1S/C16H13NO4/c1-10-7-13-15(12(18)8-14(19)21-13)16(20)17(10)9-11-5-3-2-4-6-11/h2-8,18H,9H2,1H3. The van der Waals surface area contributed by atoms with Crippen LogP contribution in [0, 0.1) is 6.92 Å². The van der Waals surface area contributed by atoms with Crippen molar-refractivity contribution in [2.24, 2.45) is 0 Å². The van der Waals surface area contributed by atoms with Crippen LogP contribution in [0.15, 0.2) is 56.5 Å². The number of rotatable bonds is 2. The van der Waals surface area contributed by atoms with Gasteiger partial charge in [0.15, 0.2) is 0 Å². The molecule has 0 aliphatic carbocycles. The van der Waals surface area contributed by atoms with Crippen LogP contribution in [0.4, 0.5) is 0 Å². The number of aromatic hydroxyl groups is 1. The Morgan fingerprint density at radius 2 is 1.86 bits per heavy atom. The van der Waals surface area contributed by atoms with Crippen molar-refractivity contribution in [1.29, 1.82) is 0 Å². The van der Waals surface area contributed by atoms with E-state index in [4.69, 9.17) is 4.42 Å².